The third-order valence-electron chi connectivity index (χ3n) is 5.69. The highest BCUT2D eigenvalue weighted by Crippen LogP contribution is 2.17. The molecule has 0 aliphatic carbocycles. The number of piperidine rings is 1. The topological polar surface area (TPSA) is 214 Å². The number of rotatable bonds is 10. The second-order valence-corrected chi connectivity index (χ2v) is 9.02. The van der Waals surface area contributed by atoms with Gasteiger partial charge in [-0.2, -0.15) is 5.53 Å². The monoisotopic (exact) mass is 686 g/mol. The summed E-state index contributed by atoms with van der Waals surface area (Å²) in [6.07, 6.45) is 14.4. The lowest BCUT2D eigenvalue weighted by molar-refractivity contribution is 0.0949. The van der Waals surface area contributed by atoms with Gasteiger partial charge in [0.2, 0.25) is 0 Å². The molecule has 1 aliphatic heterocycles. The molecule has 0 unspecified atom stereocenters. The van der Waals surface area contributed by atoms with Crippen LogP contribution in [0.15, 0.2) is 56.3 Å². The van der Waals surface area contributed by atoms with Crippen LogP contribution in [0.25, 0.3) is 0 Å². The molecule has 268 valence electrons. The van der Waals surface area contributed by atoms with E-state index in [0.717, 1.165) is 38.2 Å². The molecule has 0 bridgehead atoms. The van der Waals surface area contributed by atoms with Gasteiger partial charge in [0.25, 0.3) is 5.91 Å². The summed E-state index contributed by atoms with van der Waals surface area (Å²) in [4.78, 5) is 39.3. The quantitative estimate of drug-likeness (QED) is 0.109. The Morgan fingerprint density at radius 3 is 2.12 bits per heavy atom. The number of likely N-dealkylation sites (tertiary alicyclic amines) is 1. The van der Waals surface area contributed by atoms with E-state index in [-0.39, 0.29) is 20.2 Å². The standard InChI is InChI=1S/C17H25N7O.C17H4.HN7O.10H2/c1-24-8-3-13(4-9-24)10-22-16-15(19-6-7-20-16)17(25)21-5-2-14-11-18-12-23-14;1-3-5-7-9-11-13-15-17-16-14-12-10-8-6-4-2;1-2-3-4-5-6-7-8;;;;;;;;;;/h6-7,11-13H,2-5,8-10H2,1H3,(H,18,23)(H,20,22)(H,21,25);1H,2H3;1H;10*1H/b;;2-1?,4-3+,6-5+;;;;;;;;;;. The van der Waals surface area contributed by atoms with Gasteiger partial charge in [-0.15, -0.1) is 11.3 Å². The molecule has 16 nitrogen and oxygen atoms in total. The van der Waals surface area contributed by atoms with Crippen molar-refractivity contribution in [3.63, 3.8) is 0 Å². The molecule has 4 N–H and O–H groups in total. The number of aromatic amines is 1. The fourth-order valence-electron chi connectivity index (χ4n) is 3.47. The van der Waals surface area contributed by atoms with Crippen LogP contribution in [0, 0.1) is 112 Å². The van der Waals surface area contributed by atoms with Gasteiger partial charge in [-0.25, -0.2) is 15.0 Å². The van der Waals surface area contributed by atoms with E-state index < -0.39 is 0 Å². The highest BCUT2D eigenvalue weighted by atomic mass is 16.3. The molecule has 3 heterocycles. The zero-order chi connectivity index (χ0) is 36.3. The van der Waals surface area contributed by atoms with E-state index in [0.29, 0.717) is 30.4 Å². The van der Waals surface area contributed by atoms with Crippen molar-refractivity contribution in [2.75, 3.05) is 38.5 Å². The highest BCUT2D eigenvalue weighted by molar-refractivity contribution is 5.96. The Morgan fingerprint density at radius 2 is 1.56 bits per heavy atom. The van der Waals surface area contributed by atoms with Gasteiger partial charge in [0.15, 0.2) is 11.5 Å². The first-order chi connectivity index (χ1) is 24.5. The van der Waals surface area contributed by atoms with Crippen LogP contribution in [0.1, 0.15) is 50.2 Å². The summed E-state index contributed by atoms with van der Waals surface area (Å²) in [6.45, 7) is 5.28. The zero-order valence-electron chi connectivity index (χ0n) is 27.2. The lowest BCUT2D eigenvalue weighted by Gasteiger charge is -2.29. The van der Waals surface area contributed by atoms with E-state index >= 15 is 0 Å². The van der Waals surface area contributed by atoms with Gasteiger partial charge in [0, 0.05) is 68.5 Å². The number of carbonyl (C=O) groups excluding carboxylic acids is 1. The predicted molar refractivity (Wildman–Crippen MR) is 206 cm³/mol. The molecule has 3 rings (SSSR count). The van der Waals surface area contributed by atoms with Crippen LogP contribution in [0.4, 0.5) is 5.82 Å². The number of nitrogens with zero attached hydrogens (tertiary/aromatic N) is 10. The van der Waals surface area contributed by atoms with E-state index in [1.165, 1.54) is 0 Å². The maximum absolute atomic E-state index is 12.4. The third-order valence-corrected chi connectivity index (χ3v) is 5.69. The Bertz CT molecular complexity index is 1960. The molecule has 1 amide bonds. The van der Waals surface area contributed by atoms with Gasteiger partial charge in [-0.1, -0.05) is 5.92 Å². The van der Waals surface area contributed by atoms with Crippen LogP contribution in [-0.4, -0.2) is 64.0 Å². The summed E-state index contributed by atoms with van der Waals surface area (Å²) in [6, 6.07) is 0. The largest absolute Gasteiger partial charge is 0.368 e. The lowest BCUT2D eigenvalue weighted by Crippen LogP contribution is -2.33. The number of hydrogen-bond acceptors (Lipinski definition) is 8. The smallest absolute Gasteiger partial charge is 0.273 e. The molecule has 0 saturated carbocycles. The molecular formula is C34H50N14O2. The van der Waals surface area contributed by atoms with Crippen molar-refractivity contribution in [1.29, 1.82) is 5.53 Å². The van der Waals surface area contributed by atoms with Crippen molar-refractivity contribution in [2.45, 2.75) is 26.2 Å². The average molecular weight is 687 g/mol. The minimum absolute atomic E-state index is 0. The molecule has 0 spiro atoms. The number of hydrogen-bond donors (Lipinski definition) is 4. The number of nitrogens with one attached hydrogen (secondary N) is 4. The van der Waals surface area contributed by atoms with Crippen molar-refractivity contribution in [2.24, 2.45) is 37.3 Å². The summed E-state index contributed by atoms with van der Waals surface area (Å²) in [5.74, 6) is 37.9. The van der Waals surface area contributed by atoms with Crippen LogP contribution in [0.5, 0.6) is 0 Å². The SMILES string of the molecule is C#CC#CC#CC#CC#CC#CC#CC#CC.CN1CCC(CNc2nccnc2C(=O)NCCc2cnc[nH]2)CC1.N=N/N=N/N=N/N=O.[HH].[HH].[HH].[HH].[HH].[HH].[HH].[HH].[HH].[HH]. The Morgan fingerprint density at radius 1 is 0.960 bits per heavy atom. The van der Waals surface area contributed by atoms with Crippen molar-refractivity contribution in [1.82, 2.24) is 30.2 Å². The number of aromatic nitrogens is 4. The van der Waals surface area contributed by atoms with E-state index in [9.17, 15) is 4.79 Å². The molecule has 2 aromatic rings. The minimum atomic E-state index is -0.210. The number of terminal acetylenes is 1. The molecular weight excluding hydrogens is 636 g/mol. The Balaban J connectivity index is -0.0000000799. The number of amides is 1. The molecule has 0 atom stereocenters. The maximum atomic E-state index is 12.4. The number of nitroso groups, excluding NO2 is 1. The van der Waals surface area contributed by atoms with E-state index in [2.05, 4.69) is 157 Å². The molecule has 0 radical (unpaired) electrons. The number of H-pyrrole nitrogens is 1. The zero-order valence-corrected chi connectivity index (χ0v) is 27.2. The van der Waals surface area contributed by atoms with E-state index in [1.54, 1.807) is 31.8 Å². The van der Waals surface area contributed by atoms with E-state index in [1.807, 2.05) is 5.29 Å². The first-order valence-corrected chi connectivity index (χ1v) is 14.4. The number of anilines is 1. The van der Waals surface area contributed by atoms with Crippen LogP contribution in [0.3, 0.4) is 0 Å². The van der Waals surface area contributed by atoms with Gasteiger partial charge in [-0.05, 0) is 144 Å². The highest BCUT2D eigenvalue weighted by Gasteiger charge is 2.19. The second-order valence-electron chi connectivity index (χ2n) is 9.02. The number of imidazole rings is 1. The first-order valence-electron chi connectivity index (χ1n) is 14.4. The number of carbonyl (C=O) groups is 1. The van der Waals surface area contributed by atoms with Gasteiger partial charge in [0.1, 0.15) is 5.29 Å². The summed E-state index contributed by atoms with van der Waals surface area (Å²) >= 11 is 0. The third kappa shape index (κ3) is 21.2. The van der Waals surface area contributed by atoms with Gasteiger partial charge in [0.05, 0.1) is 6.33 Å². The molecule has 16 heteroatoms. The summed E-state index contributed by atoms with van der Waals surface area (Å²) in [7, 11) is 2.15. The molecule has 1 saturated heterocycles. The van der Waals surface area contributed by atoms with Crippen molar-refractivity contribution in [3.8, 4) is 95.2 Å². The fraction of sp³-hybridized carbons (Fsp3) is 0.294. The maximum Gasteiger partial charge on any atom is 0.273 e. The predicted octanol–water partition coefficient (Wildman–Crippen LogP) is 5.48. The van der Waals surface area contributed by atoms with Crippen LogP contribution in [-0.2, 0) is 6.42 Å². The Hall–Kier alpha value is -7.60. The molecule has 2 aromatic heterocycles. The Kier molecular flexibility index (Phi) is 23.3. The van der Waals surface area contributed by atoms with Gasteiger partial charge >= 0.3 is 0 Å². The van der Waals surface area contributed by atoms with Crippen molar-refractivity contribution >= 4 is 11.7 Å². The van der Waals surface area contributed by atoms with Crippen LogP contribution >= 0.6 is 0 Å². The average Bonchev–Trinajstić information content (AvgIpc) is 3.66. The minimum Gasteiger partial charge on any atom is -0.368 e. The van der Waals surface area contributed by atoms with Crippen LogP contribution in [0.2, 0.25) is 0 Å². The summed E-state index contributed by atoms with van der Waals surface area (Å²) in [5, 5.41) is 21.1. The molecule has 0 aromatic carbocycles. The summed E-state index contributed by atoms with van der Waals surface area (Å²) in [5.41, 5.74) is 7.33. The van der Waals surface area contributed by atoms with Crippen LogP contribution < -0.4 is 10.6 Å². The second kappa shape index (κ2) is 28.8. The first kappa shape index (κ1) is 40.4. The normalized spacial score (nSPS) is 10.9. The van der Waals surface area contributed by atoms with Gasteiger partial charge in [-0.3, -0.25) is 4.79 Å². The van der Waals surface area contributed by atoms with Gasteiger partial charge < -0.3 is 20.5 Å². The van der Waals surface area contributed by atoms with E-state index in [4.69, 9.17) is 16.9 Å². The summed E-state index contributed by atoms with van der Waals surface area (Å²) < 4.78 is 0. The molecule has 1 aliphatic rings. The van der Waals surface area contributed by atoms with Crippen molar-refractivity contribution < 1.29 is 19.1 Å². The lowest BCUT2D eigenvalue weighted by atomic mass is 9.97. The fourth-order valence-corrected chi connectivity index (χ4v) is 3.47. The Labute approximate surface area is 305 Å². The molecule has 50 heavy (non-hydrogen) atoms. The molecule has 1 fully saturated rings. The van der Waals surface area contributed by atoms with Crippen molar-refractivity contribution in [3.05, 3.63) is 41.2 Å².